The van der Waals surface area contributed by atoms with E-state index in [2.05, 4.69) is 6.92 Å². The Morgan fingerprint density at radius 2 is 1.38 bits per heavy atom. The van der Waals surface area contributed by atoms with Gasteiger partial charge in [0.15, 0.2) is 5.71 Å². The largest absolute Gasteiger partial charge is 1.00 e. The van der Waals surface area contributed by atoms with Gasteiger partial charge in [-0.1, -0.05) is 50.3 Å². The van der Waals surface area contributed by atoms with Crippen LogP contribution in [0, 0.1) is 6.92 Å². The molecule has 368 valence electrons. The molecule has 2 heterocycles. The number of carboxylic acid groups (broad SMARTS) is 1. The maximum Gasteiger partial charge on any atom is 1.00 e. The number of aliphatic carboxylic acids is 1. The number of fused-ring (bicyclic) bond motifs is 6. The number of benzene rings is 4. The third-order valence-electron chi connectivity index (χ3n) is 11.7. The molecule has 4 aromatic rings. The van der Waals surface area contributed by atoms with Crippen molar-refractivity contribution >= 4 is 95.6 Å². The van der Waals surface area contributed by atoms with Crippen LogP contribution in [0.2, 0.25) is 0 Å². The van der Waals surface area contributed by atoms with Crippen molar-refractivity contribution in [3.63, 3.8) is 0 Å². The second-order valence-electron chi connectivity index (χ2n) is 16.9. The Kier molecular flexibility index (Phi) is 23.0. The van der Waals surface area contributed by atoms with Crippen LogP contribution in [0.5, 0.6) is 0 Å². The van der Waals surface area contributed by atoms with Gasteiger partial charge in [-0.15, -0.1) is 19.0 Å². The third kappa shape index (κ3) is 14.6. The van der Waals surface area contributed by atoms with E-state index >= 15 is 0 Å². The van der Waals surface area contributed by atoms with Gasteiger partial charge in [0.05, 0.1) is 30.2 Å². The standard InChI is InChI=1S/C44H51N3O13S4.3Na.O3S/c1-7-23-46-35-22-20-31-33(27-29(63(55,56)57)28-37(31)64(58,59)60)42(35)44(4,5)38(46)16-9-8-10-17-39-43(2,3)41-32-14-11-15-36(62(53,54)45(6)24-12-18-40(48)49)30(32)19-21-34(41)47(39)25-13-26-61(50,51)52;;;;1-4(2)3/h8-11,14-17,19-22,27-28H,1,7,12-13,18,23-26H2,2-6H3,(H,48,49)(H,50,51,52)(H,55,56,57)(H,58,59,60);;;;/q;3*+1;/p-3. The topological polar surface area (TPSA) is 304 Å². The number of allylic oxidation sites excluding steroid dienone is 6. The second-order valence-corrected chi connectivity index (χ2v) is 23.6. The second kappa shape index (κ2) is 25.1. The Morgan fingerprint density at radius 1 is 0.775 bits per heavy atom. The summed E-state index contributed by atoms with van der Waals surface area (Å²) in [5.41, 5.74) is 2.31. The fraction of sp³-hybridized carbons (Fsp3) is 0.341. The molecule has 1 N–H and O–H groups in total. The molecule has 0 unspecified atom stereocenters. The van der Waals surface area contributed by atoms with E-state index in [0.29, 0.717) is 46.7 Å². The van der Waals surface area contributed by atoms with Gasteiger partial charge in [-0.3, -0.25) is 4.79 Å². The monoisotopic (exact) mass is 1100 g/mol. The number of anilines is 1. The zero-order chi connectivity index (χ0) is 50.9. The Hall–Kier alpha value is -2.18. The van der Waals surface area contributed by atoms with Crippen LogP contribution < -0.4 is 93.6 Å². The van der Waals surface area contributed by atoms with Gasteiger partial charge in [0.1, 0.15) is 26.8 Å². The van der Waals surface area contributed by atoms with Crippen molar-refractivity contribution in [2.24, 2.45) is 0 Å². The summed E-state index contributed by atoms with van der Waals surface area (Å²) in [6, 6.07) is 13.1. The average molecular weight is 1100 g/mol. The molecule has 0 aromatic heterocycles. The molecular weight excluding hydrogens is 1060 g/mol. The summed E-state index contributed by atoms with van der Waals surface area (Å²) in [5, 5.41) is 10.2. The number of hydrogen-bond acceptors (Lipinski definition) is 16. The summed E-state index contributed by atoms with van der Waals surface area (Å²) in [6.07, 6.45) is 9.34. The Balaban J connectivity index is 0.00000238. The van der Waals surface area contributed by atoms with E-state index in [1.165, 1.54) is 19.2 Å². The van der Waals surface area contributed by atoms with Crippen LogP contribution in [0.4, 0.5) is 11.4 Å². The average Bonchev–Trinajstić information content (AvgIpc) is 3.56. The predicted molar refractivity (Wildman–Crippen MR) is 249 cm³/mol. The van der Waals surface area contributed by atoms with Crippen molar-refractivity contribution < 1.29 is 163 Å². The van der Waals surface area contributed by atoms with Gasteiger partial charge >= 0.3 is 105 Å². The first kappa shape index (κ1) is 64.9. The van der Waals surface area contributed by atoms with Gasteiger partial charge in [0.25, 0.3) is 0 Å². The van der Waals surface area contributed by atoms with Crippen molar-refractivity contribution in [2.75, 3.05) is 37.3 Å². The van der Waals surface area contributed by atoms with Gasteiger partial charge in [-0.2, -0.15) is 4.58 Å². The maximum absolute atomic E-state index is 13.8. The molecule has 27 heteroatoms. The van der Waals surface area contributed by atoms with E-state index < -0.39 is 83.3 Å². The van der Waals surface area contributed by atoms with Crippen molar-refractivity contribution in [1.82, 2.24) is 4.31 Å². The summed E-state index contributed by atoms with van der Waals surface area (Å²) < 4.78 is 165. The summed E-state index contributed by atoms with van der Waals surface area (Å²) in [7, 11) is -20.7. The molecule has 2 aliphatic rings. The minimum Gasteiger partial charge on any atom is -0.748 e. The molecule has 0 aliphatic carbocycles. The SMILES string of the molecule is O=S(=O)=O.[CH2-]CC[N+]1=C(C=CC=CC=C2N(CCCS(=O)(=O)[O-])c3ccc4c(S(=O)(=O)N(C)CCCC(=O)O)cccc4c3C2(C)C)C(C)(C)c2c1ccc1c(S(=O)(=O)[O-])cc(S(=O)(=O)[O-])cc21.[Na+].[Na+].[Na+]. The minimum absolute atomic E-state index is 0. The molecular formula is C44H48N3Na3O16S5. The molecule has 6 rings (SSSR count). The number of hydrogen-bond donors (Lipinski definition) is 1. The zero-order valence-corrected chi connectivity index (χ0v) is 50.5. The van der Waals surface area contributed by atoms with Crippen LogP contribution in [-0.2, 0) is 66.6 Å². The van der Waals surface area contributed by atoms with E-state index in [0.717, 1.165) is 27.3 Å². The van der Waals surface area contributed by atoms with Crippen LogP contribution >= 0.6 is 0 Å². The first-order valence-corrected chi connectivity index (χ1v) is 27.5. The molecule has 0 bridgehead atoms. The molecule has 0 radical (unpaired) electrons. The molecule has 0 fully saturated rings. The fourth-order valence-corrected chi connectivity index (χ4v) is 12.2. The van der Waals surface area contributed by atoms with Crippen LogP contribution in [0.3, 0.4) is 0 Å². The molecule has 2 aliphatic heterocycles. The van der Waals surface area contributed by atoms with Gasteiger partial charge in [0.2, 0.25) is 15.7 Å². The summed E-state index contributed by atoms with van der Waals surface area (Å²) in [5.74, 6) is -1.64. The van der Waals surface area contributed by atoms with Crippen LogP contribution in [-0.4, -0.2) is 118 Å². The van der Waals surface area contributed by atoms with E-state index in [4.69, 9.17) is 17.7 Å². The van der Waals surface area contributed by atoms with Gasteiger partial charge in [-0.25, -0.2) is 38.0 Å². The molecule has 0 atom stereocenters. The molecule has 0 amide bonds. The fourth-order valence-electron chi connectivity index (χ4n) is 8.95. The molecule has 0 saturated heterocycles. The van der Waals surface area contributed by atoms with Gasteiger partial charge < -0.3 is 30.6 Å². The predicted octanol–water partition coefficient (Wildman–Crippen LogP) is -4.38. The van der Waals surface area contributed by atoms with Gasteiger partial charge in [-0.05, 0) is 79.4 Å². The zero-order valence-electron chi connectivity index (χ0n) is 40.4. The van der Waals surface area contributed by atoms with Crippen LogP contribution in [0.25, 0.3) is 21.5 Å². The van der Waals surface area contributed by atoms with Crippen molar-refractivity contribution in [3.8, 4) is 0 Å². The Bertz CT molecular complexity index is 3430. The third-order valence-corrected chi connectivity index (χ3v) is 16.1. The molecule has 71 heavy (non-hydrogen) atoms. The van der Waals surface area contributed by atoms with E-state index in [1.807, 2.05) is 49.3 Å². The smallest absolute Gasteiger partial charge is 0.748 e. The van der Waals surface area contributed by atoms with E-state index in [1.54, 1.807) is 48.6 Å². The summed E-state index contributed by atoms with van der Waals surface area (Å²) >= 11 is 0. The number of carboxylic acids is 1. The first-order chi connectivity index (χ1) is 31.4. The Morgan fingerprint density at radius 3 is 1.94 bits per heavy atom. The quantitative estimate of drug-likeness (QED) is 0.0343. The number of rotatable bonds is 17. The van der Waals surface area contributed by atoms with Gasteiger partial charge in [0, 0.05) is 77.6 Å². The van der Waals surface area contributed by atoms with Crippen molar-refractivity contribution in [3.05, 3.63) is 109 Å². The summed E-state index contributed by atoms with van der Waals surface area (Å²) in [4.78, 5) is 11.4. The number of nitrogens with zero attached hydrogens (tertiary/aromatic N) is 3. The summed E-state index contributed by atoms with van der Waals surface area (Å²) in [6.45, 7) is 12.1. The minimum atomic E-state index is -5.20. The first-order valence-electron chi connectivity index (χ1n) is 20.6. The van der Waals surface area contributed by atoms with Crippen molar-refractivity contribution in [1.29, 1.82) is 0 Å². The van der Waals surface area contributed by atoms with E-state index in [9.17, 15) is 52.1 Å². The van der Waals surface area contributed by atoms with Crippen LogP contribution in [0.15, 0.2) is 105 Å². The molecule has 4 aromatic carbocycles. The maximum atomic E-state index is 13.8. The number of sulfonamides is 1. The number of carbonyl (C=O) groups is 1. The Labute approximate surface area is 482 Å². The van der Waals surface area contributed by atoms with Crippen LogP contribution in [0.1, 0.15) is 64.5 Å². The molecule has 19 nitrogen and oxygen atoms in total. The van der Waals surface area contributed by atoms with E-state index in [-0.39, 0.29) is 137 Å². The molecule has 0 spiro atoms. The van der Waals surface area contributed by atoms with Crippen molar-refractivity contribution in [2.45, 2.75) is 78.9 Å². The molecule has 0 saturated carbocycles. The normalized spacial score (nSPS) is 15.9.